The molecule has 2 heterocycles. The Morgan fingerprint density at radius 3 is 2.76 bits per heavy atom. The fourth-order valence-electron chi connectivity index (χ4n) is 3.43. The van der Waals surface area contributed by atoms with Gasteiger partial charge in [-0.2, -0.15) is 5.10 Å². The van der Waals surface area contributed by atoms with Gasteiger partial charge in [-0.1, -0.05) is 36.4 Å². The zero-order valence-electron chi connectivity index (χ0n) is 16.0. The Morgan fingerprint density at radius 2 is 1.93 bits per heavy atom. The third kappa shape index (κ3) is 4.35. The molecule has 0 radical (unpaired) electrons. The first-order valence-electron chi connectivity index (χ1n) is 9.68. The van der Waals surface area contributed by atoms with Gasteiger partial charge in [0.15, 0.2) is 0 Å². The molecule has 1 aromatic heterocycles. The lowest BCUT2D eigenvalue weighted by Crippen LogP contribution is -2.50. The molecule has 148 valence electrons. The number of aromatic amines is 1. The van der Waals surface area contributed by atoms with E-state index in [-0.39, 0.29) is 11.8 Å². The van der Waals surface area contributed by atoms with Crippen molar-refractivity contribution in [3.05, 3.63) is 66.4 Å². The van der Waals surface area contributed by atoms with Gasteiger partial charge in [-0.25, -0.2) is 0 Å². The molecule has 0 saturated carbocycles. The van der Waals surface area contributed by atoms with Crippen LogP contribution in [0.1, 0.15) is 5.69 Å². The third-order valence-corrected chi connectivity index (χ3v) is 5.00. The van der Waals surface area contributed by atoms with Crippen LogP contribution in [-0.2, 0) is 9.59 Å². The van der Waals surface area contributed by atoms with Crippen molar-refractivity contribution in [1.82, 2.24) is 20.4 Å². The Labute approximate surface area is 169 Å². The summed E-state index contributed by atoms with van der Waals surface area (Å²) in [4.78, 5) is 28.6. The minimum Gasteiger partial charge on any atom is -0.339 e. The van der Waals surface area contributed by atoms with E-state index < -0.39 is 0 Å². The number of fused-ring (bicyclic) bond motifs is 1. The summed E-state index contributed by atoms with van der Waals surface area (Å²) >= 11 is 0. The molecule has 1 fully saturated rings. The summed E-state index contributed by atoms with van der Waals surface area (Å²) in [5.74, 6) is -0.0823. The summed E-state index contributed by atoms with van der Waals surface area (Å²) in [7, 11) is 0. The second kappa shape index (κ2) is 8.70. The highest BCUT2D eigenvalue weighted by atomic mass is 16.2. The molecule has 7 nitrogen and oxygen atoms in total. The molecule has 1 aliphatic rings. The number of rotatable bonds is 6. The molecule has 4 rings (SSSR count). The summed E-state index contributed by atoms with van der Waals surface area (Å²) in [5.41, 5.74) is 2.45. The SMILES string of the molecule is O=C1CNCCN1CCN(C(=O)/C=C/c1n[nH]c2ccccc12)c1ccccc1. The van der Waals surface area contributed by atoms with Gasteiger partial charge in [0.1, 0.15) is 0 Å². The first-order valence-corrected chi connectivity index (χ1v) is 9.68. The van der Waals surface area contributed by atoms with Crippen LogP contribution in [0.3, 0.4) is 0 Å². The first kappa shape index (κ1) is 18.9. The van der Waals surface area contributed by atoms with Crippen molar-refractivity contribution in [2.75, 3.05) is 37.6 Å². The molecule has 2 aromatic carbocycles. The molecule has 0 aliphatic carbocycles. The minimum absolute atomic E-state index is 0.0650. The Morgan fingerprint density at radius 1 is 1.14 bits per heavy atom. The van der Waals surface area contributed by atoms with Gasteiger partial charge < -0.3 is 15.1 Å². The number of benzene rings is 2. The van der Waals surface area contributed by atoms with Gasteiger partial charge >= 0.3 is 0 Å². The molecule has 3 aromatic rings. The maximum absolute atomic E-state index is 13.0. The van der Waals surface area contributed by atoms with Crippen LogP contribution in [0, 0.1) is 0 Å². The van der Waals surface area contributed by atoms with E-state index in [1.807, 2.05) is 54.6 Å². The standard InChI is InChI=1S/C22H23N5O2/c28-21(11-10-20-18-8-4-5-9-19(18)24-25-20)27(17-6-2-1-3-7-17)15-14-26-13-12-23-16-22(26)29/h1-11,23H,12-16H2,(H,24,25)/b11-10+. The van der Waals surface area contributed by atoms with Gasteiger partial charge in [-0.15, -0.1) is 0 Å². The molecule has 0 spiro atoms. The summed E-state index contributed by atoms with van der Waals surface area (Å²) < 4.78 is 0. The van der Waals surface area contributed by atoms with Crippen LogP contribution in [0.25, 0.3) is 17.0 Å². The van der Waals surface area contributed by atoms with Crippen LogP contribution < -0.4 is 10.2 Å². The topological polar surface area (TPSA) is 81.3 Å². The van der Waals surface area contributed by atoms with Crippen molar-refractivity contribution in [1.29, 1.82) is 0 Å². The lowest BCUT2D eigenvalue weighted by molar-refractivity contribution is -0.132. The third-order valence-electron chi connectivity index (χ3n) is 5.00. The number of amides is 2. The van der Waals surface area contributed by atoms with Crippen LogP contribution in [0.5, 0.6) is 0 Å². The highest BCUT2D eigenvalue weighted by molar-refractivity contribution is 6.04. The second-order valence-corrected chi connectivity index (χ2v) is 6.87. The second-order valence-electron chi connectivity index (χ2n) is 6.87. The summed E-state index contributed by atoms with van der Waals surface area (Å²) in [6, 6.07) is 17.3. The number of hydrogen-bond donors (Lipinski definition) is 2. The van der Waals surface area contributed by atoms with E-state index in [1.54, 1.807) is 15.9 Å². The number of carbonyl (C=O) groups excluding carboxylic acids is 2. The Bertz CT molecular complexity index is 1030. The highest BCUT2D eigenvalue weighted by Crippen LogP contribution is 2.18. The molecule has 7 heteroatoms. The maximum Gasteiger partial charge on any atom is 0.251 e. The van der Waals surface area contributed by atoms with E-state index >= 15 is 0 Å². The average Bonchev–Trinajstić information content (AvgIpc) is 3.17. The van der Waals surface area contributed by atoms with Crippen molar-refractivity contribution in [3.8, 4) is 0 Å². The largest absolute Gasteiger partial charge is 0.339 e. The molecule has 2 amide bonds. The maximum atomic E-state index is 13.0. The Hall–Kier alpha value is -3.45. The number of para-hydroxylation sites is 2. The average molecular weight is 389 g/mol. The van der Waals surface area contributed by atoms with Gasteiger partial charge in [0.2, 0.25) is 5.91 Å². The highest BCUT2D eigenvalue weighted by Gasteiger charge is 2.20. The van der Waals surface area contributed by atoms with Crippen LogP contribution in [0.2, 0.25) is 0 Å². The van der Waals surface area contributed by atoms with E-state index in [2.05, 4.69) is 15.5 Å². The molecule has 0 unspecified atom stereocenters. The zero-order valence-corrected chi connectivity index (χ0v) is 16.0. The number of carbonyl (C=O) groups is 2. The molecule has 2 N–H and O–H groups in total. The predicted octanol–water partition coefficient (Wildman–Crippen LogP) is 2.04. The lowest BCUT2D eigenvalue weighted by Gasteiger charge is -2.30. The molecule has 1 aliphatic heterocycles. The number of anilines is 1. The number of hydrogen-bond acceptors (Lipinski definition) is 4. The smallest absolute Gasteiger partial charge is 0.251 e. The van der Waals surface area contributed by atoms with Crippen molar-refractivity contribution in [2.45, 2.75) is 0 Å². The monoisotopic (exact) mass is 389 g/mol. The molecule has 0 bridgehead atoms. The summed E-state index contributed by atoms with van der Waals surface area (Å²) in [6.45, 7) is 2.72. The normalized spacial score (nSPS) is 14.6. The van der Waals surface area contributed by atoms with Gasteiger partial charge in [-0.3, -0.25) is 14.7 Å². The van der Waals surface area contributed by atoms with Crippen molar-refractivity contribution in [3.63, 3.8) is 0 Å². The van der Waals surface area contributed by atoms with E-state index in [1.165, 1.54) is 6.08 Å². The number of piperazine rings is 1. The van der Waals surface area contributed by atoms with E-state index in [9.17, 15) is 9.59 Å². The molecular weight excluding hydrogens is 366 g/mol. The summed E-state index contributed by atoms with van der Waals surface area (Å²) in [5, 5.41) is 11.3. The van der Waals surface area contributed by atoms with Crippen LogP contribution in [0.15, 0.2) is 60.7 Å². The van der Waals surface area contributed by atoms with Crippen LogP contribution >= 0.6 is 0 Å². The lowest BCUT2D eigenvalue weighted by atomic mass is 10.2. The molecule has 0 atom stereocenters. The van der Waals surface area contributed by atoms with Crippen LogP contribution in [0.4, 0.5) is 5.69 Å². The van der Waals surface area contributed by atoms with Gasteiger partial charge in [0, 0.05) is 43.3 Å². The number of aromatic nitrogens is 2. The fourth-order valence-corrected chi connectivity index (χ4v) is 3.43. The minimum atomic E-state index is -0.147. The predicted molar refractivity (Wildman–Crippen MR) is 113 cm³/mol. The zero-order chi connectivity index (χ0) is 20.1. The molecule has 1 saturated heterocycles. The Kier molecular flexibility index (Phi) is 5.67. The van der Waals surface area contributed by atoms with E-state index in [0.717, 1.165) is 28.8 Å². The Balaban J connectivity index is 1.52. The van der Waals surface area contributed by atoms with E-state index in [0.29, 0.717) is 26.2 Å². The van der Waals surface area contributed by atoms with Crippen LogP contribution in [-0.4, -0.2) is 59.6 Å². The van der Waals surface area contributed by atoms with Gasteiger partial charge in [0.25, 0.3) is 5.91 Å². The number of nitrogens with zero attached hydrogens (tertiary/aromatic N) is 3. The number of nitrogens with one attached hydrogen (secondary N) is 2. The van der Waals surface area contributed by atoms with Gasteiger partial charge in [0.05, 0.1) is 17.8 Å². The summed E-state index contributed by atoms with van der Waals surface area (Å²) in [6.07, 6.45) is 3.27. The number of H-pyrrole nitrogens is 1. The van der Waals surface area contributed by atoms with Crippen molar-refractivity contribution >= 4 is 34.5 Å². The van der Waals surface area contributed by atoms with E-state index in [4.69, 9.17) is 0 Å². The first-order chi connectivity index (χ1) is 14.2. The molecule has 29 heavy (non-hydrogen) atoms. The fraction of sp³-hybridized carbons (Fsp3) is 0.227. The van der Waals surface area contributed by atoms with Crippen molar-refractivity contribution in [2.24, 2.45) is 0 Å². The van der Waals surface area contributed by atoms with Gasteiger partial charge in [-0.05, 0) is 24.3 Å². The quantitative estimate of drug-likeness (QED) is 0.632. The molecular formula is C22H23N5O2. The van der Waals surface area contributed by atoms with Crippen molar-refractivity contribution < 1.29 is 9.59 Å².